The highest BCUT2D eigenvalue weighted by molar-refractivity contribution is 5.69. The van der Waals surface area contributed by atoms with Gasteiger partial charge < -0.3 is 4.74 Å². The van der Waals surface area contributed by atoms with Crippen molar-refractivity contribution in [2.24, 2.45) is 5.92 Å². The zero-order chi connectivity index (χ0) is 18.3. The van der Waals surface area contributed by atoms with Crippen molar-refractivity contribution in [1.82, 2.24) is 4.90 Å². The Morgan fingerprint density at radius 2 is 2.00 bits per heavy atom. The SMILES string of the molecule is CC(=O)Oc1ccc2c(c1)[C@]1(C)CCN(Cc3ccccc3)C(C2)[C@@H]1C. The van der Waals surface area contributed by atoms with Crippen molar-refractivity contribution in [3.05, 3.63) is 65.2 Å². The van der Waals surface area contributed by atoms with E-state index < -0.39 is 0 Å². The molecule has 1 aliphatic carbocycles. The standard InChI is InChI=1S/C23H27NO2/c1-16-22-13-19-9-10-20(26-17(2)25)14-21(19)23(16,3)11-12-24(22)15-18-7-5-4-6-8-18/h4-10,14,16,22H,11-13,15H2,1-3H3/t16-,22?,23+/m0/s1. The van der Waals surface area contributed by atoms with Gasteiger partial charge in [-0.2, -0.15) is 0 Å². The Morgan fingerprint density at radius 3 is 2.73 bits per heavy atom. The molecule has 1 heterocycles. The molecule has 4 rings (SSSR count). The Morgan fingerprint density at radius 1 is 1.23 bits per heavy atom. The number of hydrogen-bond acceptors (Lipinski definition) is 3. The maximum atomic E-state index is 11.3. The van der Waals surface area contributed by atoms with E-state index in [2.05, 4.69) is 61.2 Å². The Bertz CT molecular complexity index is 816. The van der Waals surface area contributed by atoms with Crippen molar-refractivity contribution < 1.29 is 9.53 Å². The summed E-state index contributed by atoms with van der Waals surface area (Å²) in [7, 11) is 0. The zero-order valence-electron chi connectivity index (χ0n) is 15.9. The van der Waals surface area contributed by atoms with Gasteiger partial charge in [-0.15, -0.1) is 0 Å². The van der Waals surface area contributed by atoms with Crippen molar-refractivity contribution in [1.29, 1.82) is 0 Å². The van der Waals surface area contributed by atoms with Crippen LogP contribution in [0.4, 0.5) is 0 Å². The molecule has 0 amide bonds. The summed E-state index contributed by atoms with van der Waals surface area (Å²) >= 11 is 0. The molecule has 2 aliphatic rings. The molecular formula is C23H27NO2. The van der Waals surface area contributed by atoms with Crippen LogP contribution in [-0.4, -0.2) is 23.5 Å². The molecular weight excluding hydrogens is 322 g/mol. The van der Waals surface area contributed by atoms with E-state index in [1.807, 2.05) is 6.07 Å². The molecule has 0 N–H and O–H groups in total. The van der Waals surface area contributed by atoms with Crippen molar-refractivity contribution in [2.75, 3.05) is 6.54 Å². The summed E-state index contributed by atoms with van der Waals surface area (Å²) in [6.45, 7) is 8.37. The van der Waals surface area contributed by atoms with Crippen LogP contribution in [0, 0.1) is 5.92 Å². The van der Waals surface area contributed by atoms with Crippen LogP contribution >= 0.6 is 0 Å². The van der Waals surface area contributed by atoms with Crippen LogP contribution in [0.5, 0.6) is 5.75 Å². The minimum Gasteiger partial charge on any atom is -0.427 e. The van der Waals surface area contributed by atoms with Crippen LogP contribution in [0.1, 0.15) is 43.9 Å². The number of benzene rings is 2. The van der Waals surface area contributed by atoms with E-state index >= 15 is 0 Å². The second kappa shape index (κ2) is 6.55. The molecule has 26 heavy (non-hydrogen) atoms. The van der Waals surface area contributed by atoms with Gasteiger partial charge in [0, 0.05) is 19.5 Å². The monoisotopic (exact) mass is 349 g/mol. The van der Waals surface area contributed by atoms with Crippen molar-refractivity contribution in [3.63, 3.8) is 0 Å². The Hall–Kier alpha value is -2.13. The van der Waals surface area contributed by atoms with Crippen LogP contribution in [0.3, 0.4) is 0 Å². The lowest BCUT2D eigenvalue weighted by atomic mass is 9.59. The van der Waals surface area contributed by atoms with E-state index in [4.69, 9.17) is 4.74 Å². The molecule has 0 saturated carbocycles. The van der Waals surface area contributed by atoms with Gasteiger partial charge in [-0.1, -0.05) is 50.2 Å². The lowest BCUT2D eigenvalue weighted by Crippen LogP contribution is -2.57. The highest BCUT2D eigenvalue weighted by Crippen LogP contribution is 2.49. The molecule has 1 fully saturated rings. The van der Waals surface area contributed by atoms with E-state index in [0.29, 0.717) is 17.7 Å². The number of carbonyl (C=O) groups excluding carboxylic acids is 1. The van der Waals surface area contributed by atoms with Crippen molar-refractivity contribution in [2.45, 2.75) is 51.6 Å². The van der Waals surface area contributed by atoms with E-state index in [0.717, 1.165) is 25.9 Å². The summed E-state index contributed by atoms with van der Waals surface area (Å²) in [6.07, 6.45) is 2.20. The number of piperidine rings is 1. The van der Waals surface area contributed by atoms with Crippen molar-refractivity contribution >= 4 is 5.97 Å². The number of esters is 1. The summed E-state index contributed by atoms with van der Waals surface area (Å²) in [4.78, 5) is 14.0. The molecule has 2 aromatic carbocycles. The van der Waals surface area contributed by atoms with Gasteiger partial charge in [-0.05, 0) is 59.5 Å². The lowest BCUT2D eigenvalue weighted by Gasteiger charge is -2.54. The third kappa shape index (κ3) is 2.95. The summed E-state index contributed by atoms with van der Waals surface area (Å²) in [5.41, 5.74) is 4.31. The van der Waals surface area contributed by atoms with Gasteiger partial charge in [0.25, 0.3) is 0 Å². The minimum atomic E-state index is -0.255. The first-order valence-electron chi connectivity index (χ1n) is 9.57. The number of carbonyl (C=O) groups is 1. The van der Waals surface area contributed by atoms with E-state index in [1.54, 1.807) is 0 Å². The van der Waals surface area contributed by atoms with Gasteiger partial charge in [0.15, 0.2) is 0 Å². The van der Waals surface area contributed by atoms with Gasteiger partial charge in [0.1, 0.15) is 5.75 Å². The number of ether oxygens (including phenoxy) is 1. The number of nitrogens with zero attached hydrogens (tertiary/aromatic N) is 1. The fourth-order valence-electron chi connectivity index (χ4n) is 4.93. The van der Waals surface area contributed by atoms with E-state index in [-0.39, 0.29) is 11.4 Å². The van der Waals surface area contributed by atoms with Gasteiger partial charge in [-0.3, -0.25) is 9.69 Å². The number of hydrogen-bond donors (Lipinski definition) is 0. The molecule has 0 spiro atoms. The Kier molecular flexibility index (Phi) is 4.36. The first-order valence-corrected chi connectivity index (χ1v) is 9.57. The summed E-state index contributed by atoms with van der Waals surface area (Å²) in [6, 6.07) is 17.5. The fraction of sp³-hybridized carbons (Fsp3) is 0.435. The smallest absolute Gasteiger partial charge is 0.308 e. The van der Waals surface area contributed by atoms with Crippen molar-refractivity contribution in [3.8, 4) is 5.75 Å². The molecule has 1 unspecified atom stereocenters. The predicted molar refractivity (Wildman–Crippen MR) is 103 cm³/mol. The van der Waals surface area contributed by atoms with Gasteiger partial charge >= 0.3 is 5.97 Å². The second-order valence-corrected chi connectivity index (χ2v) is 8.10. The molecule has 3 heteroatoms. The summed E-state index contributed by atoms with van der Waals surface area (Å²) in [5.74, 6) is 0.990. The molecule has 2 aromatic rings. The molecule has 3 atom stereocenters. The maximum absolute atomic E-state index is 11.3. The molecule has 3 nitrogen and oxygen atoms in total. The largest absolute Gasteiger partial charge is 0.427 e. The van der Waals surface area contributed by atoms with Gasteiger partial charge in [0.05, 0.1) is 0 Å². The highest BCUT2D eigenvalue weighted by atomic mass is 16.5. The minimum absolute atomic E-state index is 0.140. The summed E-state index contributed by atoms with van der Waals surface area (Å²) < 4.78 is 5.35. The quantitative estimate of drug-likeness (QED) is 0.610. The molecule has 0 radical (unpaired) electrons. The number of likely N-dealkylation sites (tertiary alicyclic amines) is 1. The third-order valence-corrected chi connectivity index (χ3v) is 6.59. The first-order chi connectivity index (χ1) is 12.5. The summed E-state index contributed by atoms with van der Waals surface area (Å²) in [5, 5.41) is 0. The Balaban J connectivity index is 1.64. The highest BCUT2D eigenvalue weighted by Gasteiger charge is 2.48. The van der Waals surface area contributed by atoms with Gasteiger partial charge in [0.2, 0.25) is 0 Å². The van der Waals surface area contributed by atoms with Crippen LogP contribution in [0.25, 0.3) is 0 Å². The van der Waals surface area contributed by atoms with Crippen LogP contribution in [-0.2, 0) is 23.2 Å². The fourth-order valence-corrected chi connectivity index (χ4v) is 4.93. The molecule has 0 aromatic heterocycles. The second-order valence-electron chi connectivity index (χ2n) is 8.10. The van der Waals surface area contributed by atoms with Crippen LogP contribution in [0.15, 0.2) is 48.5 Å². The number of fused-ring (bicyclic) bond motifs is 4. The zero-order valence-corrected chi connectivity index (χ0v) is 15.9. The molecule has 1 saturated heterocycles. The molecule has 2 bridgehead atoms. The average molecular weight is 349 g/mol. The lowest BCUT2D eigenvalue weighted by molar-refractivity contribution is -0.131. The Labute approximate surface area is 156 Å². The molecule has 136 valence electrons. The van der Waals surface area contributed by atoms with Gasteiger partial charge in [-0.25, -0.2) is 0 Å². The maximum Gasteiger partial charge on any atom is 0.308 e. The van der Waals surface area contributed by atoms with Crippen LogP contribution < -0.4 is 4.74 Å². The predicted octanol–water partition coefficient (Wildman–Crippen LogP) is 4.34. The topological polar surface area (TPSA) is 29.5 Å². The normalized spacial score (nSPS) is 27.7. The molecule has 1 aliphatic heterocycles. The third-order valence-electron chi connectivity index (χ3n) is 6.59. The van der Waals surface area contributed by atoms with Crippen LogP contribution in [0.2, 0.25) is 0 Å². The van der Waals surface area contributed by atoms with E-state index in [1.165, 1.54) is 23.6 Å². The van der Waals surface area contributed by atoms with E-state index in [9.17, 15) is 4.79 Å². The average Bonchev–Trinajstić information content (AvgIpc) is 2.61. The number of rotatable bonds is 3. The first kappa shape index (κ1) is 17.3.